The van der Waals surface area contributed by atoms with Crippen LogP contribution in [0, 0.1) is 0 Å². The molecule has 2 amide bonds. The molecule has 1 atom stereocenters. The summed E-state index contributed by atoms with van der Waals surface area (Å²) in [6.07, 6.45) is 6.43. The van der Waals surface area contributed by atoms with Gasteiger partial charge in [0.1, 0.15) is 18.1 Å². The molecule has 1 aliphatic heterocycles. The average molecular weight is 361 g/mol. The van der Waals surface area contributed by atoms with Crippen LogP contribution >= 0.6 is 11.3 Å². The van der Waals surface area contributed by atoms with Gasteiger partial charge < -0.3 is 14.1 Å². The van der Waals surface area contributed by atoms with Crippen LogP contribution in [0.25, 0.3) is 0 Å². The van der Waals surface area contributed by atoms with Gasteiger partial charge in [-0.05, 0) is 50.7 Å². The first-order valence-electron chi connectivity index (χ1n) is 8.88. The van der Waals surface area contributed by atoms with E-state index in [1.807, 2.05) is 17.0 Å². The summed E-state index contributed by atoms with van der Waals surface area (Å²) >= 11 is 1.62. The largest absolute Gasteiger partial charge is 0.461 e. The van der Waals surface area contributed by atoms with Crippen molar-refractivity contribution < 1.29 is 13.9 Å². The summed E-state index contributed by atoms with van der Waals surface area (Å²) in [6.45, 7) is 1.19. The maximum atomic E-state index is 12.8. The Hall–Kier alpha value is -1.86. The monoisotopic (exact) mass is 361 g/mol. The molecule has 1 unspecified atom stereocenters. The number of thiazole rings is 1. The number of ether oxygens (including phenoxy) is 1. The number of carbonyl (C=O) groups is 1. The quantitative estimate of drug-likeness (QED) is 0.889. The molecule has 3 heterocycles. The van der Waals surface area contributed by atoms with Crippen molar-refractivity contribution in [3.8, 4) is 0 Å². The highest BCUT2D eigenvalue weighted by Gasteiger charge is 2.32. The molecule has 6 nitrogen and oxygen atoms in total. The van der Waals surface area contributed by atoms with Gasteiger partial charge in [0.05, 0.1) is 11.7 Å². The third-order valence-corrected chi connectivity index (χ3v) is 5.94. The topological polar surface area (TPSA) is 67.6 Å². The number of hydrogen-bond acceptors (Lipinski definition) is 5. The van der Waals surface area contributed by atoms with E-state index in [4.69, 9.17) is 9.15 Å². The van der Waals surface area contributed by atoms with Crippen molar-refractivity contribution in [3.63, 3.8) is 0 Å². The second-order valence-corrected chi connectivity index (χ2v) is 7.70. The number of hydrogen-bond donors (Lipinski definition) is 1. The van der Waals surface area contributed by atoms with E-state index in [2.05, 4.69) is 10.3 Å². The Labute approximate surface area is 151 Å². The summed E-state index contributed by atoms with van der Waals surface area (Å²) in [5.74, 6) is 1.62. The zero-order valence-electron chi connectivity index (χ0n) is 14.4. The summed E-state index contributed by atoms with van der Waals surface area (Å²) in [5, 5.41) is 3.72. The molecule has 0 spiro atoms. The van der Waals surface area contributed by atoms with Gasteiger partial charge in [-0.25, -0.2) is 9.78 Å². The van der Waals surface area contributed by atoms with E-state index < -0.39 is 0 Å². The Morgan fingerprint density at radius 1 is 1.40 bits per heavy atom. The van der Waals surface area contributed by atoms with E-state index >= 15 is 0 Å². The van der Waals surface area contributed by atoms with E-state index in [-0.39, 0.29) is 12.1 Å². The van der Waals surface area contributed by atoms with Crippen LogP contribution in [0.4, 0.5) is 9.93 Å². The summed E-state index contributed by atoms with van der Waals surface area (Å²) in [4.78, 5) is 20.6. The van der Waals surface area contributed by atoms with E-state index in [9.17, 15) is 4.79 Å². The summed E-state index contributed by atoms with van der Waals surface area (Å²) in [5.41, 5.74) is 1.17. The molecule has 2 aliphatic rings. The average Bonchev–Trinajstić information content (AvgIpc) is 3.33. The number of carbonyl (C=O) groups excluding carboxylic acids is 1. The van der Waals surface area contributed by atoms with Gasteiger partial charge >= 0.3 is 6.03 Å². The van der Waals surface area contributed by atoms with Crippen LogP contribution in [0.1, 0.15) is 53.8 Å². The van der Waals surface area contributed by atoms with Crippen LogP contribution < -0.4 is 5.32 Å². The predicted octanol–water partition coefficient (Wildman–Crippen LogP) is 4.13. The standard InChI is InChI=1S/C18H23N3O3S/c1-23-11-12-8-9-15(24-12)14-6-4-10-21(14)18(22)20-17-19-13-5-2-3-7-16(13)25-17/h8-9,14H,2-7,10-11H2,1H3,(H,19,20,22). The number of furan rings is 1. The van der Waals surface area contributed by atoms with Crippen molar-refractivity contribution in [1.82, 2.24) is 9.88 Å². The van der Waals surface area contributed by atoms with Crippen LogP contribution in [0.15, 0.2) is 16.5 Å². The third kappa shape index (κ3) is 3.43. The fourth-order valence-electron chi connectivity index (χ4n) is 3.67. The fourth-order valence-corrected chi connectivity index (χ4v) is 4.71. The minimum Gasteiger partial charge on any atom is -0.461 e. The number of aromatic nitrogens is 1. The highest BCUT2D eigenvalue weighted by molar-refractivity contribution is 7.15. The maximum Gasteiger partial charge on any atom is 0.324 e. The number of amides is 2. The summed E-state index contributed by atoms with van der Waals surface area (Å²) in [6, 6.07) is 3.77. The number of likely N-dealkylation sites (tertiary alicyclic amines) is 1. The van der Waals surface area contributed by atoms with Crippen molar-refractivity contribution in [2.45, 2.75) is 51.2 Å². The molecule has 1 aliphatic carbocycles. The number of methoxy groups -OCH3 is 1. The molecule has 25 heavy (non-hydrogen) atoms. The Kier molecular flexibility index (Phi) is 4.76. The second kappa shape index (κ2) is 7.17. The Balaban J connectivity index is 1.45. The number of nitrogens with one attached hydrogen (secondary N) is 1. The minimum atomic E-state index is -0.0849. The number of anilines is 1. The van der Waals surface area contributed by atoms with E-state index in [1.165, 1.54) is 23.4 Å². The molecule has 1 N–H and O–H groups in total. The van der Waals surface area contributed by atoms with E-state index in [1.54, 1.807) is 18.4 Å². The van der Waals surface area contributed by atoms with Gasteiger partial charge in [-0.1, -0.05) is 0 Å². The van der Waals surface area contributed by atoms with Gasteiger partial charge in [-0.15, -0.1) is 11.3 Å². The van der Waals surface area contributed by atoms with Gasteiger partial charge in [0.15, 0.2) is 5.13 Å². The first kappa shape index (κ1) is 16.6. The SMILES string of the molecule is COCc1ccc(C2CCCN2C(=O)Nc2nc3c(s2)CCCC3)o1. The van der Waals surface area contributed by atoms with Gasteiger partial charge in [0.2, 0.25) is 0 Å². The van der Waals surface area contributed by atoms with Crippen LogP contribution in [0.3, 0.4) is 0 Å². The zero-order valence-corrected chi connectivity index (χ0v) is 15.2. The van der Waals surface area contributed by atoms with E-state index in [0.29, 0.717) is 6.61 Å². The lowest BCUT2D eigenvalue weighted by Crippen LogP contribution is -2.34. The molecule has 0 radical (unpaired) electrons. The fraction of sp³-hybridized carbons (Fsp3) is 0.556. The highest BCUT2D eigenvalue weighted by atomic mass is 32.1. The zero-order chi connectivity index (χ0) is 17.2. The highest BCUT2D eigenvalue weighted by Crippen LogP contribution is 2.35. The first-order valence-corrected chi connectivity index (χ1v) is 9.70. The molecular formula is C18H23N3O3S. The lowest BCUT2D eigenvalue weighted by molar-refractivity contribution is 0.157. The molecule has 0 bridgehead atoms. The number of urea groups is 1. The van der Waals surface area contributed by atoms with Crippen LogP contribution in [-0.2, 0) is 24.2 Å². The molecule has 1 fully saturated rings. The minimum absolute atomic E-state index is 0.0137. The molecule has 2 aromatic rings. The van der Waals surface area contributed by atoms with Crippen molar-refractivity contribution in [1.29, 1.82) is 0 Å². The van der Waals surface area contributed by atoms with Crippen LogP contribution in [0.5, 0.6) is 0 Å². The van der Waals surface area contributed by atoms with Crippen molar-refractivity contribution in [2.75, 3.05) is 19.0 Å². The lowest BCUT2D eigenvalue weighted by atomic mass is 10.0. The number of nitrogens with zero attached hydrogens (tertiary/aromatic N) is 2. The molecule has 0 saturated carbocycles. The van der Waals surface area contributed by atoms with Crippen molar-refractivity contribution in [3.05, 3.63) is 34.2 Å². The normalized spacial score (nSPS) is 19.9. The maximum absolute atomic E-state index is 12.8. The van der Waals surface area contributed by atoms with Gasteiger partial charge in [-0.2, -0.15) is 0 Å². The lowest BCUT2D eigenvalue weighted by Gasteiger charge is -2.22. The second-order valence-electron chi connectivity index (χ2n) is 6.61. The molecule has 2 aromatic heterocycles. The predicted molar refractivity (Wildman–Crippen MR) is 95.9 cm³/mol. The molecule has 134 valence electrons. The number of fused-ring (bicyclic) bond motifs is 1. The van der Waals surface area contributed by atoms with Crippen molar-refractivity contribution in [2.24, 2.45) is 0 Å². The number of aryl methyl sites for hydroxylation is 2. The van der Waals surface area contributed by atoms with Gasteiger partial charge in [0, 0.05) is 18.5 Å². The summed E-state index contributed by atoms with van der Waals surface area (Å²) < 4.78 is 10.9. The van der Waals surface area contributed by atoms with Gasteiger partial charge in [0.25, 0.3) is 0 Å². The first-order chi connectivity index (χ1) is 12.2. The Morgan fingerprint density at radius 3 is 3.12 bits per heavy atom. The molecule has 7 heteroatoms. The van der Waals surface area contributed by atoms with Crippen molar-refractivity contribution >= 4 is 22.5 Å². The third-order valence-electron chi connectivity index (χ3n) is 4.87. The number of rotatable bonds is 4. The Bertz CT molecular complexity index is 731. The molecule has 0 aromatic carbocycles. The van der Waals surface area contributed by atoms with Crippen LogP contribution in [-0.4, -0.2) is 29.6 Å². The Morgan fingerprint density at radius 2 is 2.28 bits per heavy atom. The smallest absolute Gasteiger partial charge is 0.324 e. The van der Waals surface area contributed by atoms with E-state index in [0.717, 1.165) is 48.9 Å². The molecular weight excluding hydrogens is 338 g/mol. The van der Waals surface area contributed by atoms with Gasteiger partial charge in [-0.3, -0.25) is 5.32 Å². The summed E-state index contributed by atoms with van der Waals surface area (Å²) in [7, 11) is 1.64. The van der Waals surface area contributed by atoms with Crippen LogP contribution in [0.2, 0.25) is 0 Å². The molecule has 1 saturated heterocycles. The molecule has 4 rings (SSSR count).